The van der Waals surface area contributed by atoms with Crippen LogP contribution in [-0.2, 0) is 11.8 Å². The molecule has 1 saturated heterocycles. The molecule has 0 amide bonds. The maximum Gasteiger partial charge on any atom is 0.00675 e. The van der Waals surface area contributed by atoms with E-state index in [1.54, 1.807) is 0 Å². The summed E-state index contributed by atoms with van der Waals surface area (Å²) < 4.78 is 0. The Morgan fingerprint density at radius 3 is 1.91 bits per heavy atom. The number of likely N-dealkylation sites (tertiary alicyclic amines) is 1. The molecule has 0 radical (unpaired) electrons. The van der Waals surface area contributed by atoms with E-state index >= 15 is 0 Å². The van der Waals surface area contributed by atoms with Gasteiger partial charge in [-0.2, -0.15) is 0 Å². The molecule has 188 valence electrons. The molecule has 1 aliphatic heterocycles. The van der Waals surface area contributed by atoms with Gasteiger partial charge < -0.3 is 4.90 Å². The number of hydrogen-bond acceptors (Lipinski definition) is 1. The van der Waals surface area contributed by atoms with E-state index in [0.717, 1.165) is 18.4 Å². The van der Waals surface area contributed by atoms with E-state index in [2.05, 4.69) is 102 Å². The van der Waals surface area contributed by atoms with Crippen molar-refractivity contribution in [3.05, 3.63) is 59.7 Å². The fraction of sp³-hybridized carbons (Fsp3) is 0.636. The zero-order valence-electron chi connectivity index (χ0n) is 23.3. The Hall–Kier alpha value is -1.60. The van der Waals surface area contributed by atoms with Gasteiger partial charge in [0, 0.05) is 12.6 Å². The fourth-order valence-corrected chi connectivity index (χ4v) is 6.58. The first-order chi connectivity index (χ1) is 16.2. The molecule has 34 heavy (non-hydrogen) atoms. The second-order valence-electron chi connectivity index (χ2n) is 12.4. The zero-order chi connectivity index (χ0) is 24.8. The maximum absolute atomic E-state index is 2.64. The fourth-order valence-electron chi connectivity index (χ4n) is 6.58. The predicted octanol–water partition coefficient (Wildman–Crippen LogP) is 9.29. The lowest BCUT2D eigenvalue weighted by molar-refractivity contribution is 0.136. The Morgan fingerprint density at radius 2 is 1.41 bits per heavy atom. The van der Waals surface area contributed by atoms with Crippen molar-refractivity contribution in [1.82, 2.24) is 4.90 Å². The second kappa shape index (κ2) is 11.9. The van der Waals surface area contributed by atoms with Crippen LogP contribution in [0.2, 0.25) is 0 Å². The molecule has 2 aromatic rings. The van der Waals surface area contributed by atoms with Crippen LogP contribution in [-0.4, -0.2) is 24.0 Å². The molecule has 1 aliphatic rings. The van der Waals surface area contributed by atoms with E-state index < -0.39 is 0 Å². The molecule has 1 heteroatoms. The SMILES string of the molecule is CCCC(CCC)C(C)(C)CC(C)(C)c1ccc(-c2ccc(CCN3CCCC3C)cc2)cc1. The monoisotopic (exact) mass is 461 g/mol. The molecule has 1 heterocycles. The number of benzene rings is 2. The molecule has 0 bridgehead atoms. The first kappa shape index (κ1) is 27.0. The van der Waals surface area contributed by atoms with Gasteiger partial charge in [-0.1, -0.05) is 116 Å². The van der Waals surface area contributed by atoms with Crippen molar-refractivity contribution in [2.45, 2.75) is 111 Å². The third kappa shape index (κ3) is 6.97. The Labute approximate surface area is 211 Å². The highest BCUT2D eigenvalue weighted by atomic mass is 15.2. The summed E-state index contributed by atoms with van der Waals surface area (Å²) in [5, 5.41) is 0. The molecular weight excluding hydrogens is 410 g/mol. The summed E-state index contributed by atoms with van der Waals surface area (Å²) in [7, 11) is 0. The van der Waals surface area contributed by atoms with Crippen molar-refractivity contribution in [2.24, 2.45) is 11.3 Å². The van der Waals surface area contributed by atoms with Gasteiger partial charge in [-0.05, 0) is 78.2 Å². The minimum Gasteiger partial charge on any atom is -0.300 e. The average molecular weight is 462 g/mol. The van der Waals surface area contributed by atoms with Crippen LogP contribution in [0.25, 0.3) is 11.1 Å². The van der Waals surface area contributed by atoms with Crippen molar-refractivity contribution in [2.75, 3.05) is 13.1 Å². The van der Waals surface area contributed by atoms with Gasteiger partial charge in [0.25, 0.3) is 0 Å². The van der Waals surface area contributed by atoms with Crippen LogP contribution in [0.1, 0.15) is 105 Å². The molecule has 0 aromatic heterocycles. The van der Waals surface area contributed by atoms with Crippen molar-refractivity contribution < 1.29 is 0 Å². The topological polar surface area (TPSA) is 3.24 Å². The van der Waals surface area contributed by atoms with Crippen molar-refractivity contribution >= 4 is 0 Å². The minimum absolute atomic E-state index is 0.179. The number of hydrogen-bond donors (Lipinski definition) is 0. The second-order valence-corrected chi connectivity index (χ2v) is 12.4. The molecule has 1 fully saturated rings. The van der Waals surface area contributed by atoms with Gasteiger partial charge >= 0.3 is 0 Å². The first-order valence-corrected chi connectivity index (χ1v) is 14.1. The lowest BCUT2D eigenvalue weighted by atomic mass is 9.64. The lowest BCUT2D eigenvalue weighted by Crippen LogP contribution is -2.32. The average Bonchev–Trinajstić information content (AvgIpc) is 3.22. The van der Waals surface area contributed by atoms with Crippen molar-refractivity contribution in [3.63, 3.8) is 0 Å². The third-order valence-electron chi connectivity index (χ3n) is 8.61. The minimum atomic E-state index is 0.179. The summed E-state index contributed by atoms with van der Waals surface area (Å²) in [6.07, 6.45) is 10.4. The molecule has 1 nitrogen and oxygen atoms in total. The Morgan fingerprint density at radius 1 is 0.853 bits per heavy atom. The van der Waals surface area contributed by atoms with Crippen LogP contribution in [0.5, 0.6) is 0 Å². The van der Waals surface area contributed by atoms with E-state index in [-0.39, 0.29) is 5.41 Å². The lowest BCUT2D eigenvalue weighted by Gasteiger charge is -2.41. The van der Waals surface area contributed by atoms with Crippen LogP contribution in [0.15, 0.2) is 48.5 Å². The summed E-state index contributed by atoms with van der Waals surface area (Å²) in [4.78, 5) is 2.64. The van der Waals surface area contributed by atoms with Gasteiger partial charge in [0.2, 0.25) is 0 Å². The Balaban J connectivity index is 1.64. The molecule has 0 N–H and O–H groups in total. The normalized spacial score (nSPS) is 17.6. The predicted molar refractivity (Wildman–Crippen MR) is 151 cm³/mol. The van der Waals surface area contributed by atoms with E-state index in [1.807, 2.05) is 0 Å². The highest BCUT2D eigenvalue weighted by Gasteiger charge is 2.35. The van der Waals surface area contributed by atoms with Crippen LogP contribution in [0.3, 0.4) is 0 Å². The molecule has 1 unspecified atom stereocenters. The van der Waals surface area contributed by atoms with Crippen LogP contribution < -0.4 is 0 Å². The Kier molecular flexibility index (Phi) is 9.44. The highest BCUT2D eigenvalue weighted by molar-refractivity contribution is 5.64. The van der Waals surface area contributed by atoms with Crippen LogP contribution in [0.4, 0.5) is 0 Å². The molecule has 1 atom stereocenters. The van der Waals surface area contributed by atoms with Gasteiger partial charge in [0.15, 0.2) is 0 Å². The number of rotatable bonds is 12. The van der Waals surface area contributed by atoms with Gasteiger partial charge in [0.1, 0.15) is 0 Å². The van der Waals surface area contributed by atoms with E-state index in [9.17, 15) is 0 Å². The summed E-state index contributed by atoms with van der Waals surface area (Å²) in [6, 6.07) is 19.5. The van der Waals surface area contributed by atoms with E-state index in [0.29, 0.717) is 5.41 Å². The zero-order valence-corrected chi connectivity index (χ0v) is 23.3. The third-order valence-corrected chi connectivity index (χ3v) is 8.61. The largest absolute Gasteiger partial charge is 0.300 e. The van der Waals surface area contributed by atoms with Crippen molar-refractivity contribution in [1.29, 1.82) is 0 Å². The summed E-state index contributed by atoms with van der Waals surface area (Å²) in [5.41, 5.74) is 6.11. The standard InChI is InChI=1S/C33H51N/c1-8-11-30(12-9-2)32(4,5)25-33(6,7)31-20-18-29(19-21-31)28-16-14-27(15-17-28)22-24-34-23-10-13-26(34)3/h14-21,26,30H,8-13,22-25H2,1-7H3. The maximum atomic E-state index is 2.64. The highest BCUT2D eigenvalue weighted by Crippen LogP contribution is 2.44. The Bertz CT molecular complexity index is 852. The summed E-state index contributed by atoms with van der Waals surface area (Å²) in [5.74, 6) is 0.813. The molecule has 0 spiro atoms. The summed E-state index contributed by atoms with van der Waals surface area (Å²) >= 11 is 0. The molecular formula is C33H51N. The van der Waals surface area contributed by atoms with E-state index in [1.165, 1.54) is 80.3 Å². The van der Waals surface area contributed by atoms with Crippen LogP contribution >= 0.6 is 0 Å². The van der Waals surface area contributed by atoms with Crippen LogP contribution in [0, 0.1) is 11.3 Å². The molecule has 0 saturated carbocycles. The number of nitrogens with zero attached hydrogens (tertiary/aromatic N) is 1. The molecule has 0 aliphatic carbocycles. The quantitative estimate of drug-likeness (QED) is 0.304. The van der Waals surface area contributed by atoms with Gasteiger partial charge in [-0.3, -0.25) is 0 Å². The van der Waals surface area contributed by atoms with Gasteiger partial charge in [-0.25, -0.2) is 0 Å². The van der Waals surface area contributed by atoms with Gasteiger partial charge in [0.05, 0.1) is 0 Å². The summed E-state index contributed by atoms with van der Waals surface area (Å²) in [6.45, 7) is 19.4. The van der Waals surface area contributed by atoms with Gasteiger partial charge in [-0.15, -0.1) is 0 Å². The smallest absolute Gasteiger partial charge is 0.00675 e. The van der Waals surface area contributed by atoms with E-state index in [4.69, 9.17) is 0 Å². The van der Waals surface area contributed by atoms with Crippen molar-refractivity contribution in [3.8, 4) is 11.1 Å². The molecule has 3 rings (SSSR count). The first-order valence-electron chi connectivity index (χ1n) is 14.1. The molecule has 2 aromatic carbocycles.